The Kier molecular flexibility index (Phi) is 6.46. The fourth-order valence-corrected chi connectivity index (χ4v) is 3.53. The lowest BCUT2D eigenvalue weighted by Crippen LogP contribution is -2.32. The van der Waals surface area contributed by atoms with E-state index < -0.39 is 35.1 Å². The molecule has 0 aliphatic rings. The molecular weight excluding hydrogens is 378 g/mol. The van der Waals surface area contributed by atoms with Gasteiger partial charge < -0.3 is 10.1 Å². The number of carbonyl (C=O) groups is 2. The standard InChI is InChI=1S/C16H15N3O5S2/c1-11-2-4-13(5-3-11)26(22,23)18-9-15(21)24-10-14(20)19-16-12(8-17)6-7-25-16/h2-7,18H,9-10H2,1H3,(H,19,20). The third kappa shape index (κ3) is 5.38. The quantitative estimate of drug-likeness (QED) is 0.685. The van der Waals surface area contributed by atoms with Crippen LogP contribution in [0.15, 0.2) is 40.6 Å². The zero-order valence-corrected chi connectivity index (χ0v) is 15.3. The molecule has 0 spiro atoms. The number of hydrogen-bond acceptors (Lipinski definition) is 7. The molecule has 2 aromatic rings. The second kappa shape index (κ2) is 8.57. The summed E-state index contributed by atoms with van der Waals surface area (Å²) >= 11 is 1.16. The summed E-state index contributed by atoms with van der Waals surface area (Å²) in [6.45, 7) is 0.627. The summed E-state index contributed by atoms with van der Waals surface area (Å²) in [5, 5.41) is 13.3. The number of thiophene rings is 1. The molecule has 0 bridgehead atoms. The molecule has 0 unspecified atom stereocenters. The molecule has 2 N–H and O–H groups in total. The Morgan fingerprint density at radius 2 is 1.92 bits per heavy atom. The Labute approximate surface area is 154 Å². The summed E-state index contributed by atoms with van der Waals surface area (Å²) in [5.74, 6) is -1.53. The first-order valence-corrected chi connectivity index (χ1v) is 9.67. The Balaban J connectivity index is 1.81. The lowest BCUT2D eigenvalue weighted by molar-refractivity contribution is -0.146. The molecule has 0 aliphatic heterocycles. The fraction of sp³-hybridized carbons (Fsp3) is 0.188. The smallest absolute Gasteiger partial charge is 0.321 e. The van der Waals surface area contributed by atoms with Gasteiger partial charge in [0.15, 0.2) is 6.61 Å². The van der Waals surface area contributed by atoms with Crippen molar-refractivity contribution in [3.63, 3.8) is 0 Å². The van der Waals surface area contributed by atoms with Crippen LogP contribution in [-0.2, 0) is 24.3 Å². The van der Waals surface area contributed by atoms with Gasteiger partial charge in [0.05, 0.1) is 10.5 Å². The molecule has 10 heteroatoms. The maximum Gasteiger partial charge on any atom is 0.321 e. The summed E-state index contributed by atoms with van der Waals surface area (Å²) in [7, 11) is -3.85. The molecule has 1 aromatic heterocycles. The molecule has 1 amide bonds. The van der Waals surface area contributed by atoms with E-state index in [1.807, 2.05) is 13.0 Å². The number of ether oxygens (including phenoxy) is 1. The van der Waals surface area contributed by atoms with Gasteiger partial charge in [-0.15, -0.1) is 11.3 Å². The van der Waals surface area contributed by atoms with Crippen LogP contribution in [0.2, 0.25) is 0 Å². The van der Waals surface area contributed by atoms with Crippen molar-refractivity contribution >= 4 is 38.2 Å². The number of carbonyl (C=O) groups excluding carboxylic acids is 2. The van der Waals surface area contributed by atoms with Gasteiger partial charge in [-0.1, -0.05) is 17.7 Å². The van der Waals surface area contributed by atoms with Crippen LogP contribution in [0.1, 0.15) is 11.1 Å². The molecule has 0 saturated carbocycles. The van der Waals surface area contributed by atoms with Crippen LogP contribution < -0.4 is 10.0 Å². The topological polar surface area (TPSA) is 125 Å². The van der Waals surface area contributed by atoms with E-state index in [-0.39, 0.29) is 4.90 Å². The normalized spacial score (nSPS) is 10.8. The molecule has 0 radical (unpaired) electrons. The average molecular weight is 393 g/mol. The number of rotatable bonds is 7. The molecule has 8 nitrogen and oxygen atoms in total. The van der Waals surface area contributed by atoms with Crippen molar-refractivity contribution in [3.8, 4) is 6.07 Å². The van der Waals surface area contributed by atoms with E-state index in [1.165, 1.54) is 12.1 Å². The third-order valence-electron chi connectivity index (χ3n) is 3.14. The second-order valence-electron chi connectivity index (χ2n) is 5.12. The van der Waals surface area contributed by atoms with Gasteiger partial charge in [-0.05, 0) is 30.5 Å². The second-order valence-corrected chi connectivity index (χ2v) is 7.80. The van der Waals surface area contributed by atoms with Crippen LogP contribution in [0, 0.1) is 18.3 Å². The number of hydrogen-bond donors (Lipinski definition) is 2. The lowest BCUT2D eigenvalue weighted by Gasteiger charge is -2.08. The van der Waals surface area contributed by atoms with E-state index >= 15 is 0 Å². The fourth-order valence-electron chi connectivity index (χ4n) is 1.81. The molecule has 0 atom stereocenters. The number of anilines is 1. The lowest BCUT2D eigenvalue weighted by atomic mass is 10.2. The molecule has 136 valence electrons. The molecule has 0 fully saturated rings. The van der Waals surface area contributed by atoms with Crippen LogP contribution in [0.25, 0.3) is 0 Å². The SMILES string of the molecule is Cc1ccc(S(=O)(=O)NCC(=O)OCC(=O)Nc2sccc2C#N)cc1. The Morgan fingerprint density at radius 1 is 1.23 bits per heavy atom. The number of nitrogens with one attached hydrogen (secondary N) is 2. The predicted octanol–water partition coefficient (Wildman–Crippen LogP) is 1.39. The molecule has 26 heavy (non-hydrogen) atoms. The van der Waals surface area contributed by atoms with Crippen LogP contribution in [0.3, 0.4) is 0 Å². The Bertz CT molecular complexity index is 943. The Hall–Kier alpha value is -2.74. The maximum absolute atomic E-state index is 12.0. The number of aryl methyl sites for hydroxylation is 1. The molecule has 1 heterocycles. The van der Waals surface area contributed by atoms with Gasteiger partial charge in [0.2, 0.25) is 10.0 Å². The monoisotopic (exact) mass is 393 g/mol. The largest absolute Gasteiger partial charge is 0.455 e. The van der Waals surface area contributed by atoms with Crippen molar-refractivity contribution in [1.29, 1.82) is 5.26 Å². The highest BCUT2D eigenvalue weighted by atomic mass is 32.2. The number of benzene rings is 1. The van der Waals surface area contributed by atoms with Crippen LogP contribution in [0.4, 0.5) is 5.00 Å². The van der Waals surface area contributed by atoms with Crippen molar-refractivity contribution in [3.05, 3.63) is 46.8 Å². The van der Waals surface area contributed by atoms with Gasteiger partial charge in [0.1, 0.15) is 17.6 Å². The van der Waals surface area contributed by atoms with Crippen LogP contribution in [-0.4, -0.2) is 33.4 Å². The van der Waals surface area contributed by atoms with Crippen LogP contribution >= 0.6 is 11.3 Å². The van der Waals surface area contributed by atoms with Crippen LogP contribution in [0.5, 0.6) is 0 Å². The van der Waals surface area contributed by atoms with Crippen molar-refractivity contribution < 1.29 is 22.7 Å². The van der Waals surface area contributed by atoms with Gasteiger partial charge in [-0.25, -0.2) is 8.42 Å². The van der Waals surface area contributed by atoms with E-state index in [0.29, 0.717) is 10.6 Å². The zero-order chi connectivity index (χ0) is 19.2. The van der Waals surface area contributed by atoms with Gasteiger partial charge in [0.25, 0.3) is 5.91 Å². The average Bonchev–Trinajstić information content (AvgIpc) is 3.05. The molecule has 1 aromatic carbocycles. The highest BCUT2D eigenvalue weighted by molar-refractivity contribution is 7.89. The van der Waals surface area contributed by atoms with E-state index in [0.717, 1.165) is 16.9 Å². The minimum Gasteiger partial charge on any atom is -0.455 e. The summed E-state index contributed by atoms with van der Waals surface area (Å²) in [6.07, 6.45) is 0. The van der Waals surface area contributed by atoms with E-state index in [2.05, 4.69) is 10.0 Å². The number of nitrogens with zero attached hydrogens (tertiary/aromatic N) is 1. The van der Waals surface area contributed by atoms with E-state index in [4.69, 9.17) is 10.00 Å². The van der Waals surface area contributed by atoms with Gasteiger partial charge in [0, 0.05) is 0 Å². The summed E-state index contributed by atoms with van der Waals surface area (Å²) in [4.78, 5) is 23.4. The van der Waals surface area contributed by atoms with E-state index in [9.17, 15) is 18.0 Å². The highest BCUT2D eigenvalue weighted by Gasteiger charge is 2.17. The van der Waals surface area contributed by atoms with Gasteiger partial charge >= 0.3 is 5.97 Å². The van der Waals surface area contributed by atoms with Crippen molar-refractivity contribution in [2.75, 3.05) is 18.5 Å². The van der Waals surface area contributed by atoms with Gasteiger partial charge in [-0.2, -0.15) is 9.98 Å². The summed E-state index contributed by atoms with van der Waals surface area (Å²) in [5.41, 5.74) is 1.21. The van der Waals surface area contributed by atoms with Crippen molar-refractivity contribution in [2.45, 2.75) is 11.8 Å². The highest BCUT2D eigenvalue weighted by Crippen LogP contribution is 2.21. The third-order valence-corrected chi connectivity index (χ3v) is 5.39. The maximum atomic E-state index is 12.0. The summed E-state index contributed by atoms with van der Waals surface area (Å²) in [6, 6.07) is 9.57. The number of nitriles is 1. The van der Waals surface area contributed by atoms with Crippen molar-refractivity contribution in [1.82, 2.24) is 4.72 Å². The van der Waals surface area contributed by atoms with Gasteiger partial charge in [-0.3, -0.25) is 9.59 Å². The number of amides is 1. The molecule has 0 aliphatic carbocycles. The molecule has 2 rings (SSSR count). The minimum absolute atomic E-state index is 0.0235. The van der Waals surface area contributed by atoms with Crippen molar-refractivity contribution in [2.24, 2.45) is 0 Å². The zero-order valence-electron chi connectivity index (χ0n) is 13.7. The number of esters is 1. The first-order chi connectivity index (χ1) is 12.3. The summed E-state index contributed by atoms with van der Waals surface area (Å²) < 4.78 is 30.9. The number of sulfonamides is 1. The predicted molar refractivity (Wildman–Crippen MR) is 95.0 cm³/mol. The molecule has 0 saturated heterocycles. The Morgan fingerprint density at radius 3 is 2.58 bits per heavy atom. The first kappa shape index (κ1) is 19.6. The van der Waals surface area contributed by atoms with E-state index in [1.54, 1.807) is 23.6 Å². The first-order valence-electron chi connectivity index (χ1n) is 7.31. The molecular formula is C16H15N3O5S2. The minimum atomic E-state index is -3.85.